The van der Waals surface area contributed by atoms with Crippen molar-refractivity contribution in [2.45, 2.75) is 18.2 Å². The van der Waals surface area contributed by atoms with Gasteiger partial charge in [0.1, 0.15) is 6.04 Å². The molecule has 3 N–H and O–H groups in total. The number of rotatable bonds is 7. The van der Waals surface area contributed by atoms with Gasteiger partial charge in [-0.05, 0) is 36.4 Å². The van der Waals surface area contributed by atoms with E-state index in [0.717, 1.165) is 5.56 Å². The van der Waals surface area contributed by atoms with E-state index < -0.39 is 12.0 Å². The van der Waals surface area contributed by atoms with Gasteiger partial charge in [0.05, 0.1) is 5.75 Å². The van der Waals surface area contributed by atoms with E-state index in [9.17, 15) is 4.79 Å². The Morgan fingerprint density at radius 2 is 2.10 bits per heavy atom. The molecule has 0 aliphatic heterocycles. The van der Waals surface area contributed by atoms with E-state index in [4.69, 9.17) is 26.9 Å². The summed E-state index contributed by atoms with van der Waals surface area (Å²) in [5, 5.41) is 17.2. The fourth-order valence-electron chi connectivity index (χ4n) is 1.51. The minimum atomic E-state index is -0.988. The summed E-state index contributed by atoms with van der Waals surface area (Å²) in [5.41, 5.74) is 6.22. The maximum absolute atomic E-state index is 10.6. The molecule has 8 heteroatoms. The first-order chi connectivity index (χ1) is 10.1. The topological polar surface area (TPSA) is 102 Å². The molecule has 1 unspecified atom stereocenters. The van der Waals surface area contributed by atoms with Gasteiger partial charge in [0.15, 0.2) is 0 Å². The molecule has 0 aliphatic carbocycles. The Hall–Kier alpha value is -1.57. The summed E-state index contributed by atoms with van der Waals surface area (Å²) in [7, 11) is 0. The van der Waals surface area contributed by atoms with E-state index in [-0.39, 0.29) is 0 Å². The van der Waals surface area contributed by atoms with Gasteiger partial charge in [-0.3, -0.25) is 4.79 Å². The molecule has 0 amide bonds. The molecule has 1 aromatic carbocycles. The number of carboxylic acids is 1. The Balaban J connectivity index is 1.83. The van der Waals surface area contributed by atoms with Crippen molar-refractivity contribution in [1.29, 1.82) is 0 Å². The highest BCUT2D eigenvalue weighted by molar-refractivity contribution is 7.98. The molecule has 0 bridgehead atoms. The van der Waals surface area contributed by atoms with Gasteiger partial charge in [0.25, 0.3) is 0 Å². The monoisotopic (exact) mass is 327 g/mol. The lowest BCUT2D eigenvalue weighted by Gasteiger charge is -2.04. The summed E-state index contributed by atoms with van der Waals surface area (Å²) in [6, 6.07) is 6.29. The Morgan fingerprint density at radius 1 is 1.38 bits per heavy atom. The van der Waals surface area contributed by atoms with Crippen LogP contribution in [-0.2, 0) is 10.5 Å². The van der Waals surface area contributed by atoms with E-state index in [1.165, 1.54) is 11.8 Å². The zero-order valence-electron chi connectivity index (χ0n) is 11.0. The SMILES string of the molecule is NC(CCSCc1nnc(-c2ccc(Cl)cc2)o1)C(=O)O. The molecule has 2 aromatic rings. The minimum absolute atomic E-state index is 0.401. The van der Waals surface area contributed by atoms with Gasteiger partial charge in [0, 0.05) is 10.6 Å². The number of nitrogens with two attached hydrogens (primary N) is 1. The first kappa shape index (κ1) is 15.8. The summed E-state index contributed by atoms with van der Waals surface area (Å²) in [6.45, 7) is 0. The number of nitrogens with zero attached hydrogens (tertiary/aromatic N) is 2. The van der Waals surface area contributed by atoms with Crippen LogP contribution >= 0.6 is 23.4 Å². The van der Waals surface area contributed by atoms with Crippen LogP contribution in [-0.4, -0.2) is 33.1 Å². The lowest BCUT2D eigenvalue weighted by Crippen LogP contribution is -2.30. The molecule has 0 saturated carbocycles. The second-order valence-electron chi connectivity index (χ2n) is 4.29. The van der Waals surface area contributed by atoms with Crippen LogP contribution in [0.15, 0.2) is 28.7 Å². The molecule has 1 heterocycles. The largest absolute Gasteiger partial charge is 0.480 e. The van der Waals surface area contributed by atoms with Gasteiger partial charge in [-0.15, -0.1) is 10.2 Å². The second-order valence-corrected chi connectivity index (χ2v) is 5.84. The van der Waals surface area contributed by atoms with E-state index in [1.54, 1.807) is 24.3 Å². The van der Waals surface area contributed by atoms with E-state index in [1.807, 2.05) is 0 Å². The Labute approximate surface area is 130 Å². The smallest absolute Gasteiger partial charge is 0.320 e. The van der Waals surface area contributed by atoms with Crippen molar-refractivity contribution in [2.24, 2.45) is 5.73 Å². The minimum Gasteiger partial charge on any atom is -0.480 e. The van der Waals surface area contributed by atoms with Gasteiger partial charge < -0.3 is 15.3 Å². The van der Waals surface area contributed by atoms with Gasteiger partial charge >= 0.3 is 5.97 Å². The number of aromatic nitrogens is 2. The predicted molar refractivity (Wildman–Crippen MR) is 81.1 cm³/mol. The molecule has 6 nitrogen and oxygen atoms in total. The number of halogens is 1. The molecule has 0 radical (unpaired) electrons. The number of carboxylic acid groups (broad SMARTS) is 1. The zero-order valence-corrected chi connectivity index (χ0v) is 12.6. The normalized spacial score (nSPS) is 12.3. The van der Waals surface area contributed by atoms with Crippen LogP contribution in [0.25, 0.3) is 11.5 Å². The summed E-state index contributed by atoms with van der Waals surface area (Å²) in [5.74, 6) is 1.08. The second kappa shape index (κ2) is 7.44. The maximum Gasteiger partial charge on any atom is 0.320 e. The number of aliphatic carboxylic acids is 1. The first-order valence-electron chi connectivity index (χ1n) is 6.20. The summed E-state index contributed by atoms with van der Waals surface area (Å²) >= 11 is 7.32. The van der Waals surface area contributed by atoms with Crippen molar-refractivity contribution >= 4 is 29.3 Å². The van der Waals surface area contributed by atoms with Crippen LogP contribution < -0.4 is 5.73 Å². The van der Waals surface area contributed by atoms with Crippen molar-refractivity contribution in [2.75, 3.05) is 5.75 Å². The van der Waals surface area contributed by atoms with Gasteiger partial charge in [-0.2, -0.15) is 11.8 Å². The zero-order chi connectivity index (χ0) is 15.2. The molecule has 0 spiro atoms. The molecular weight excluding hydrogens is 314 g/mol. The summed E-state index contributed by atoms with van der Waals surface area (Å²) in [4.78, 5) is 10.6. The van der Waals surface area contributed by atoms with Gasteiger partial charge in [-0.1, -0.05) is 11.6 Å². The Kier molecular flexibility index (Phi) is 5.60. The summed E-state index contributed by atoms with van der Waals surface area (Å²) < 4.78 is 5.53. The fourth-order valence-corrected chi connectivity index (χ4v) is 2.50. The molecule has 0 fully saturated rings. The summed E-state index contributed by atoms with van der Waals surface area (Å²) in [6.07, 6.45) is 0.401. The predicted octanol–water partition coefficient (Wildman–Crippen LogP) is 2.43. The Bertz CT molecular complexity index is 603. The lowest BCUT2D eigenvalue weighted by atomic mass is 10.2. The van der Waals surface area contributed by atoms with Gasteiger partial charge in [0.2, 0.25) is 11.8 Å². The lowest BCUT2D eigenvalue weighted by molar-refractivity contribution is -0.138. The van der Waals surface area contributed by atoms with Crippen molar-refractivity contribution < 1.29 is 14.3 Å². The molecule has 2 rings (SSSR count). The van der Waals surface area contributed by atoms with Crippen LogP contribution in [0.4, 0.5) is 0 Å². The van der Waals surface area contributed by atoms with Crippen molar-refractivity contribution in [3.63, 3.8) is 0 Å². The standard InChI is InChI=1S/C13H14ClN3O3S/c14-9-3-1-8(2-4-9)12-17-16-11(20-12)7-21-6-5-10(15)13(18)19/h1-4,10H,5-7,15H2,(H,18,19). The van der Waals surface area contributed by atoms with E-state index in [2.05, 4.69) is 10.2 Å². The number of carbonyl (C=O) groups is 1. The molecule has 1 atom stereocenters. The Morgan fingerprint density at radius 3 is 2.76 bits per heavy atom. The van der Waals surface area contributed by atoms with E-state index >= 15 is 0 Å². The van der Waals surface area contributed by atoms with Crippen LogP contribution in [0.5, 0.6) is 0 Å². The van der Waals surface area contributed by atoms with Crippen molar-refractivity contribution in [1.82, 2.24) is 10.2 Å². The third-order valence-corrected chi connectivity index (χ3v) is 3.90. The third-order valence-electron chi connectivity index (χ3n) is 2.67. The average Bonchev–Trinajstić information content (AvgIpc) is 2.93. The third kappa shape index (κ3) is 4.73. The quantitative estimate of drug-likeness (QED) is 0.753. The molecule has 1 aromatic heterocycles. The van der Waals surface area contributed by atoms with Gasteiger partial charge in [-0.25, -0.2) is 0 Å². The van der Waals surface area contributed by atoms with Crippen LogP contribution in [0.2, 0.25) is 5.02 Å². The number of hydrogen-bond acceptors (Lipinski definition) is 6. The number of hydrogen-bond donors (Lipinski definition) is 2. The van der Waals surface area contributed by atoms with Crippen molar-refractivity contribution in [3.05, 3.63) is 35.2 Å². The highest BCUT2D eigenvalue weighted by Gasteiger charge is 2.12. The van der Waals surface area contributed by atoms with Crippen LogP contribution in [0.1, 0.15) is 12.3 Å². The highest BCUT2D eigenvalue weighted by Crippen LogP contribution is 2.21. The number of benzene rings is 1. The maximum atomic E-state index is 10.6. The molecule has 0 saturated heterocycles. The molecular formula is C13H14ClN3O3S. The highest BCUT2D eigenvalue weighted by atomic mass is 35.5. The van der Waals surface area contributed by atoms with Crippen LogP contribution in [0.3, 0.4) is 0 Å². The average molecular weight is 328 g/mol. The van der Waals surface area contributed by atoms with E-state index in [0.29, 0.717) is 34.7 Å². The molecule has 0 aliphatic rings. The molecule has 112 valence electrons. The first-order valence-corrected chi connectivity index (χ1v) is 7.74. The number of thioether (sulfide) groups is 1. The van der Waals surface area contributed by atoms with Crippen molar-refractivity contribution in [3.8, 4) is 11.5 Å². The van der Waals surface area contributed by atoms with Crippen LogP contribution in [0, 0.1) is 0 Å². The molecule has 21 heavy (non-hydrogen) atoms. The fraction of sp³-hybridized carbons (Fsp3) is 0.308.